The van der Waals surface area contributed by atoms with Crippen molar-refractivity contribution < 1.29 is 80.2 Å². The molecule has 0 radical (unpaired) electrons. The molecule has 0 amide bonds. The average molecular weight is 1370 g/mol. The van der Waals surface area contributed by atoms with Crippen LogP contribution in [0.15, 0.2) is 0 Å². The lowest BCUT2D eigenvalue weighted by Gasteiger charge is -2.21. The number of rotatable bonds is 72. The molecule has 0 saturated heterocycles. The highest BCUT2D eigenvalue weighted by molar-refractivity contribution is 7.47. The smallest absolute Gasteiger partial charge is 0.462 e. The van der Waals surface area contributed by atoms with Crippen molar-refractivity contribution in [3.05, 3.63) is 0 Å². The zero-order valence-corrected chi connectivity index (χ0v) is 62.5. The molecular formula is C74H144O17P2. The van der Waals surface area contributed by atoms with Gasteiger partial charge in [0.1, 0.15) is 19.3 Å². The molecule has 0 aliphatic rings. The quantitative estimate of drug-likeness (QED) is 0.0222. The Morgan fingerprint density at radius 3 is 0.817 bits per heavy atom. The van der Waals surface area contributed by atoms with E-state index in [2.05, 4.69) is 48.5 Å². The number of ether oxygens (including phenoxy) is 4. The van der Waals surface area contributed by atoms with Crippen molar-refractivity contribution in [2.45, 2.75) is 394 Å². The van der Waals surface area contributed by atoms with Crippen molar-refractivity contribution in [3.63, 3.8) is 0 Å². The summed E-state index contributed by atoms with van der Waals surface area (Å²) in [5, 5.41) is 10.6. The molecule has 6 atom stereocenters. The summed E-state index contributed by atoms with van der Waals surface area (Å²) < 4.78 is 68.3. The molecule has 3 N–H and O–H groups in total. The third-order valence-corrected chi connectivity index (χ3v) is 19.4. The Kier molecular flexibility index (Phi) is 63.4. The van der Waals surface area contributed by atoms with Crippen molar-refractivity contribution in [3.8, 4) is 0 Å². The number of esters is 4. The van der Waals surface area contributed by atoms with Gasteiger partial charge in [0.25, 0.3) is 0 Å². The first-order valence-corrected chi connectivity index (χ1v) is 41.4. The van der Waals surface area contributed by atoms with Gasteiger partial charge in [-0.1, -0.05) is 325 Å². The van der Waals surface area contributed by atoms with Crippen molar-refractivity contribution in [2.24, 2.45) is 17.8 Å². The Morgan fingerprint density at radius 1 is 0.312 bits per heavy atom. The number of unbranched alkanes of at least 4 members (excludes halogenated alkanes) is 39. The van der Waals surface area contributed by atoms with Crippen LogP contribution in [0.4, 0.5) is 0 Å². The lowest BCUT2D eigenvalue weighted by atomic mass is 9.99. The van der Waals surface area contributed by atoms with Crippen LogP contribution in [-0.2, 0) is 65.4 Å². The summed E-state index contributed by atoms with van der Waals surface area (Å²) in [4.78, 5) is 72.6. The molecule has 0 saturated carbocycles. The number of aliphatic hydroxyl groups excluding tert-OH is 1. The Balaban J connectivity index is 5.20. The number of phosphoric ester groups is 2. The van der Waals surface area contributed by atoms with Crippen LogP contribution in [0.25, 0.3) is 0 Å². The van der Waals surface area contributed by atoms with Crippen molar-refractivity contribution in [1.29, 1.82) is 0 Å². The van der Waals surface area contributed by atoms with Gasteiger partial charge in [0.05, 0.1) is 26.4 Å². The molecule has 0 rings (SSSR count). The molecule has 3 unspecified atom stereocenters. The highest BCUT2D eigenvalue weighted by Gasteiger charge is 2.30. The van der Waals surface area contributed by atoms with Crippen molar-refractivity contribution in [1.82, 2.24) is 0 Å². The van der Waals surface area contributed by atoms with E-state index in [0.29, 0.717) is 25.7 Å². The number of hydrogen-bond donors (Lipinski definition) is 3. The number of carbonyl (C=O) groups excluding carboxylic acids is 4. The summed E-state index contributed by atoms with van der Waals surface area (Å²) in [6.07, 6.45) is 50.1. The van der Waals surface area contributed by atoms with Crippen molar-refractivity contribution >= 4 is 39.5 Å². The van der Waals surface area contributed by atoms with E-state index in [-0.39, 0.29) is 25.7 Å². The Morgan fingerprint density at radius 2 is 0.548 bits per heavy atom. The molecule has 93 heavy (non-hydrogen) atoms. The van der Waals surface area contributed by atoms with E-state index in [9.17, 15) is 43.2 Å². The number of carbonyl (C=O) groups is 4. The highest BCUT2D eigenvalue weighted by Crippen LogP contribution is 2.45. The van der Waals surface area contributed by atoms with Gasteiger partial charge in [-0.3, -0.25) is 37.3 Å². The molecule has 0 aromatic heterocycles. The molecule has 0 heterocycles. The molecular weight excluding hydrogens is 1220 g/mol. The Hall–Kier alpha value is -1.94. The topological polar surface area (TPSA) is 237 Å². The second-order valence-corrected chi connectivity index (χ2v) is 30.8. The molecule has 0 fully saturated rings. The molecule has 0 aliphatic carbocycles. The summed E-state index contributed by atoms with van der Waals surface area (Å²) in [7, 11) is -9.90. The summed E-state index contributed by atoms with van der Waals surface area (Å²) >= 11 is 0. The highest BCUT2D eigenvalue weighted by atomic mass is 31.2. The third kappa shape index (κ3) is 67.0. The maximum atomic E-state index is 13.1. The first kappa shape index (κ1) is 91.1. The minimum absolute atomic E-state index is 0.104. The van der Waals surface area contributed by atoms with Gasteiger partial charge in [-0.25, -0.2) is 9.13 Å². The molecule has 19 heteroatoms. The second-order valence-electron chi connectivity index (χ2n) is 27.9. The first-order chi connectivity index (χ1) is 44.8. The molecule has 0 aromatic rings. The fourth-order valence-electron chi connectivity index (χ4n) is 11.2. The van der Waals surface area contributed by atoms with Crippen LogP contribution in [0.3, 0.4) is 0 Å². The van der Waals surface area contributed by atoms with E-state index >= 15 is 0 Å². The van der Waals surface area contributed by atoms with Crippen LogP contribution in [-0.4, -0.2) is 96.7 Å². The second kappa shape index (κ2) is 64.7. The predicted molar refractivity (Wildman–Crippen MR) is 377 cm³/mol. The first-order valence-electron chi connectivity index (χ1n) is 38.4. The summed E-state index contributed by atoms with van der Waals surface area (Å²) in [6, 6.07) is 0. The van der Waals surface area contributed by atoms with Crippen LogP contribution in [0.2, 0.25) is 0 Å². The van der Waals surface area contributed by atoms with E-state index in [1.54, 1.807) is 0 Å². The van der Waals surface area contributed by atoms with Gasteiger partial charge >= 0.3 is 39.5 Å². The predicted octanol–water partition coefficient (Wildman–Crippen LogP) is 21.4. The fourth-order valence-corrected chi connectivity index (χ4v) is 12.8. The normalized spacial score (nSPS) is 14.4. The minimum atomic E-state index is -4.96. The fraction of sp³-hybridized carbons (Fsp3) is 0.946. The van der Waals surface area contributed by atoms with E-state index in [0.717, 1.165) is 120 Å². The molecule has 0 aromatic carbocycles. The van der Waals surface area contributed by atoms with Gasteiger partial charge in [0, 0.05) is 25.7 Å². The number of hydrogen-bond acceptors (Lipinski definition) is 15. The maximum Gasteiger partial charge on any atom is 0.472 e. The largest absolute Gasteiger partial charge is 0.472 e. The van der Waals surface area contributed by atoms with Crippen molar-refractivity contribution in [2.75, 3.05) is 39.6 Å². The standard InChI is InChI=1S/C74H144O17P2/c1-8-10-11-12-31-41-48-55-71(76)84-61-69(91-74(79)58-51-44-37-30-29-34-40-47-54-67(7)9-2)63-88-92(80,81)86-59-68(75)60-87-93(82,83)89-64-70(62-85-72(77)56-49-42-35-27-23-20-19-22-26-33-39-46-53-66(5)6)90-73(78)57-50-43-36-28-24-18-16-14-13-15-17-21-25-32-38-45-52-65(3)4/h65-70,75H,8-64H2,1-7H3,(H,80,81)(H,82,83)/t67?,68-,69+,70+/m0/s1. The van der Waals surface area contributed by atoms with Crippen LogP contribution >= 0.6 is 15.6 Å². The summed E-state index contributed by atoms with van der Waals surface area (Å²) in [6.45, 7) is 11.9. The van der Waals surface area contributed by atoms with Crippen LogP contribution in [0.1, 0.15) is 376 Å². The summed E-state index contributed by atoms with van der Waals surface area (Å²) in [5.41, 5.74) is 0. The van der Waals surface area contributed by atoms with Gasteiger partial charge in [0.15, 0.2) is 12.2 Å². The molecule has 17 nitrogen and oxygen atoms in total. The zero-order chi connectivity index (χ0) is 68.7. The van der Waals surface area contributed by atoms with Crippen LogP contribution in [0, 0.1) is 17.8 Å². The maximum absolute atomic E-state index is 13.1. The SMILES string of the molecule is CCCCCCCCCC(=O)OC[C@H](COP(=O)(O)OC[C@H](O)COP(=O)(O)OC[C@@H](COC(=O)CCCCCCCCCCCCCCC(C)C)OC(=O)CCCCCCCCCCCCCCCCCCC(C)C)OC(=O)CCCCCCCCCCC(C)CC. The van der Waals surface area contributed by atoms with Crippen LogP contribution < -0.4 is 0 Å². The number of phosphoric acid groups is 2. The van der Waals surface area contributed by atoms with Gasteiger partial charge in [-0.2, -0.15) is 0 Å². The van der Waals surface area contributed by atoms with E-state index in [1.165, 1.54) is 173 Å². The van der Waals surface area contributed by atoms with Gasteiger partial charge in [-0.05, 0) is 43.4 Å². The minimum Gasteiger partial charge on any atom is -0.462 e. The summed E-state index contributed by atoms with van der Waals surface area (Å²) in [5.74, 6) is 0.235. The van der Waals surface area contributed by atoms with E-state index < -0.39 is 97.5 Å². The monoisotopic (exact) mass is 1370 g/mol. The third-order valence-electron chi connectivity index (χ3n) is 17.5. The molecule has 0 aliphatic heterocycles. The Labute approximate surface area is 568 Å². The van der Waals surface area contributed by atoms with Gasteiger partial charge in [0.2, 0.25) is 0 Å². The van der Waals surface area contributed by atoms with E-state index in [1.807, 2.05) is 0 Å². The molecule has 552 valence electrons. The van der Waals surface area contributed by atoms with Gasteiger partial charge in [-0.15, -0.1) is 0 Å². The average Bonchev–Trinajstić information content (AvgIpc) is 3.74. The Bertz CT molecular complexity index is 1820. The lowest BCUT2D eigenvalue weighted by Crippen LogP contribution is -2.30. The van der Waals surface area contributed by atoms with Crippen LogP contribution in [0.5, 0.6) is 0 Å². The van der Waals surface area contributed by atoms with Gasteiger partial charge < -0.3 is 33.8 Å². The zero-order valence-electron chi connectivity index (χ0n) is 60.7. The molecule has 0 bridgehead atoms. The van der Waals surface area contributed by atoms with E-state index in [4.69, 9.17) is 37.0 Å². The molecule has 0 spiro atoms. The lowest BCUT2D eigenvalue weighted by molar-refractivity contribution is -0.161. The number of aliphatic hydroxyl groups is 1.